The molecule has 0 saturated carbocycles. The number of carbonyl (C=O) groups is 2. The maximum absolute atomic E-state index is 13.2. The highest BCUT2D eigenvalue weighted by molar-refractivity contribution is 5.77. The van der Waals surface area contributed by atoms with Crippen LogP contribution in [0.25, 0.3) is 0 Å². The van der Waals surface area contributed by atoms with E-state index in [-0.39, 0.29) is 24.9 Å². The summed E-state index contributed by atoms with van der Waals surface area (Å²) in [5.41, 5.74) is 0. The van der Waals surface area contributed by atoms with Gasteiger partial charge in [0, 0.05) is 6.42 Å². The van der Waals surface area contributed by atoms with E-state index in [0.29, 0.717) is 19.3 Å². The van der Waals surface area contributed by atoms with Crippen molar-refractivity contribution in [1.29, 1.82) is 0 Å². The second-order valence-corrected chi connectivity index (χ2v) is 19.3. The molecule has 6 nitrogen and oxygen atoms in total. The van der Waals surface area contributed by atoms with E-state index in [1.165, 1.54) is 173 Å². The first-order valence-corrected chi connectivity index (χ1v) is 28.2. The Labute approximate surface area is 398 Å². The number of aliphatic hydroxyl groups is 2. The number of allylic oxidation sites excluding steroid dienone is 6. The lowest BCUT2D eigenvalue weighted by atomic mass is 10.0. The topological polar surface area (TPSA) is 95.9 Å². The Morgan fingerprint density at radius 2 is 0.797 bits per heavy atom. The van der Waals surface area contributed by atoms with Crippen LogP contribution in [-0.2, 0) is 14.3 Å². The largest absolute Gasteiger partial charge is 0.462 e. The van der Waals surface area contributed by atoms with Crippen LogP contribution < -0.4 is 5.32 Å². The monoisotopic (exact) mass is 900 g/mol. The van der Waals surface area contributed by atoms with Crippen molar-refractivity contribution in [3.63, 3.8) is 0 Å². The van der Waals surface area contributed by atoms with Gasteiger partial charge in [-0.3, -0.25) is 9.59 Å². The quantitative estimate of drug-likeness (QED) is 0.0321. The lowest BCUT2D eigenvalue weighted by Crippen LogP contribution is -2.46. The molecule has 3 unspecified atom stereocenters. The molecule has 0 radical (unpaired) electrons. The van der Waals surface area contributed by atoms with Crippen molar-refractivity contribution >= 4 is 11.9 Å². The van der Waals surface area contributed by atoms with Gasteiger partial charge in [0.25, 0.3) is 0 Å². The molecule has 0 aliphatic rings. The standard InChI is InChI=1S/C58H109NO5/c1-4-7-10-13-16-19-22-24-26-28-30-32-35-37-40-43-46-49-54(52-57(62)59-55(53-60)56(61)50-47-44-41-38-34-21-18-15-12-9-6-3)64-58(63)51-48-45-42-39-36-33-31-29-27-25-23-20-17-14-11-8-5-2/h17,20,25,27,31,33,54-56,60-61H,4-16,18-19,21-24,26,28-30,32,34-53H2,1-3H3,(H,59,62)/b20-17-,27-25-,33-31-. The predicted molar refractivity (Wildman–Crippen MR) is 278 cm³/mol. The van der Waals surface area contributed by atoms with Gasteiger partial charge in [-0.2, -0.15) is 0 Å². The number of hydrogen-bond acceptors (Lipinski definition) is 5. The van der Waals surface area contributed by atoms with Crippen LogP contribution in [0.2, 0.25) is 0 Å². The summed E-state index contributed by atoms with van der Waals surface area (Å²) in [6.45, 7) is 6.47. The third-order valence-corrected chi connectivity index (χ3v) is 13.0. The van der Waals surface area contributed by atoms with Crippen LogP contribution in [-0.4, -0.2) is 46.9 Å². The SMILES string of the molecule is CCCCC/C=C\C/C=C\C/C=C\CCCCCCC(=O)OC(CCCCCCCCCCCCCCCCCCC)CC(=O)NC(CO)C(O)CCCCCCCCCCCCC. The summed E-state index contributed by atoms with van der Waals surface area (Å²) in [5, 5.41) is 23.8. The Hall–Kier alpha value is -1.92. The summed E-state index contributed by atoms with van der Waals surface area (Å²) < 4.78 is 5.95. The molecule has 1 amide bonds. The van der Waals surface area contributed by atoms with Crippen molar-refractivity contribution in [2.45, 2.75) is 315 Å². The summed E-state index contributed by atoms with van der Waals surface area (Å²) in [7, 11) is 0. The van der Waals surface area contributed by atoms with Gasteiger partial charge in [0.1, 0.15) is 6.10 Å². The summed E-state index contributed by atoms with van der Waals surface area (Å²) >= 11 is 0. The average Bonchev–Trinajstić information content (AvgIpc) is 3.29. The third kappa shape index (κ3) is 46.6. The Morgan fingerprint density at radius 1 is 0.453 bits per heavy atom. The summed E-state index contributed by atoms with van der Waals surface area (Å²) in [6.07, 6.45) is 62.1. The molecule has 0 heterocycles. The molecule has 0 aromatic heterocycles. The Bertz CT molecular complexity index is 1060. The smallest absolute Gasteiger partial charge is 0.306 e. The molecule has 3 atom stereocenters. The summed E-state index contributed by atoms with van der Waals surface area (Å²) in [5.74, 6) is -0.484. The second-order valence-electron chi connectivity index (χ2n) is 19.3. The van der Waals surface area contributed by atoms with Gasteiger partial charge in [0.05, 0.1) is 25.2 Å². The maximum atomic E-state index is 13.2. The van der Waals surface area contributed by atoms with Gasteiger partial charge < -0.3 is 20.3 Å². The highest BCUT2D eigenvalue weighted by Crippen LogP contribution is 2.19. The molecular formula is C58H109NO5. The van der Waals surface area contributed by atoms with E-state index in [9.17, 15) is 19.8 Å². The van der Waals surface area contributed by atoms with Crippen LogP contribution in [0.1, 0.15) is 297 Å². The normalized spacial score (nSPS) is 13.4. The van der Waals surface area contributed by atoms with Crippen LogP contribution in [0.15, 0.2) is 36.5 Å². The first kappa shape index (κ1) is 62.1. The van der Waals surface area contributed by atoms with Gasteiger partial charge in [-0.1, -0.05) is 256 Å². The fraction of sp³-hybridized carbons (Fsp3) is 0.862. The number of rotatable bonds is 51. The number of hydrogen-bond donors (Lipinski definition) is 3. The molecule has 0 aliphatic heterocycles. The Morgan fingerprint density at radius 3 is 1.23 bits per heavy atom. The Kier molecular flexibility index (Phi) is 50.5. The number of esters is 1. The zero-order valence-electron chi connectivity index (χ0n) is 42.9. The molecule has 0 aliphatic carbocycles. The Balaban J connectivity index is 4.58. The van der Waals surface area contributed by atoms with Crippen molar-refractivity contribution in [3.05, 3.63) is 36.5 Å². The summed E-state index contributed by atoms with van der Waals surface area (Å²) in [4.78, 5) is 26.2. The van der Waals surface area contributed by atoms with Gasteiger partial charge in [-0.15, -0.1) is 0 Å². The van der Waals surface area contributed by atoms with Gasteiger partial charge in [0.2, 0.25) is 5.91 Å². The second kappa shape index (κ2) is 52.1. The number of unbranched alkanes of at least 4 members (excludes halogenated alkanes) is 33. The van der Waals surface area contributed by atoms with E-state index in [1.807, 2.05) is 0 Å². The molecule has 0 spiro atoms. The third-order valence-electron chi connectivity index (χ3n) is 13.0. The van der Waals surface area contributed by atoms with Crippen LogP contribution >= 0.6 is 0 Å². The van der Waals surface area contributed by atoms with E-state index in [2.05, 4.69) is 62.5 Å². The van der Waals surface area contributed by atoms with Crippen molar-refractivity contribution in [3.8, 4) is 0 Å². The molecular weight excluding hydrogens is 791 g/mol. The number of ether oxygens (including phenoxy) is 1. The highest BCUT2D eigenvalue weighted by Gasteiger charge is 2.24. The van der Waals surface area contributed by atoms with Gasteiger partial charge >= 0.3 is 5.97 Å². The minimum atomic E-state index is -0.789. The summed E-state index contributed by atoms with van der Waals surface area (Å²) in [6, 6.07) is -0.703. The van der Waals surface area contributed by atoms with Crippen molar-refractivity contribution in [2.75, 3.05) is 6.61 Å². The van der Waals surface area contributed by atoms with Crippen LogP contribution in [0.4, 0.5) is 0 Å². The van der Waals surface area contributed by atoms with E-state index in [0.717, 1.165) is 77.0 Å². The molecule has 0 rings (SSSR count). The molecule has 3 N–H and O–H groups in total. The van der Waals surface area contributed by atoms with Crippen molar-refractivity contribution in [1.82, 2.24) is 5.32 Å². The first-order chi connectivity index (χ1) is 31.5. The number of carbonyl (C=O) groups excluding carboxylic acids is 2. The van der Waals surface area contributed by atoms with Gasteiger partial charge in [-0.05, 0) is 64.2 Å². The maximum Gasteiger partial charge on any atom is 0.306 e. The lowest BCUT2D eigenvalue weighted by Gasteiger charge is -2.24. The number of aliphatic hydroxyl groups excluding tert-OH is 2. The highest BCUT2D eigenvalue weighted by atomic mass is 16.5. The number of nitrogens with one attached hydrogen (secondary N) is 1. The van der Waals surface area contributed by atoms with E-state index in [4.69, 9.17) is 4.74 Å². The van der Waals surface area contributed by atoms with Crippen molar-refractivity contribution in [2.24, 2.45) is 0 Å². The lowest BCUT2D eigenvalue weighted by molar-refractivity contribution is -0.151. The predicted octanol–water partition coefficient (Wildman–Crippen LogP) is 17.2. The van der Waals surface area contributed by atoms with Crippen molar-refractivity contribution < 1.29 is 24.5 Å². The fourth-order valence-corrected chi connectivity index (χ4v) is 8.67. The van der Waals surface area contributed by atoms with Crippen LogP contribution in [0.3, 0.4) is 0 Å². The zero-order valence-corrected chi connectivity index (χ0v) is 42.9. The first-order valence-electron chi connectivity index (χ1n) is 28.2. The molecule has 64 heavy (non-hydrogen) atoms. The van der Waals surface area contributed by atoms with E-state index in [1.54, 1.807) is 0 Å². The average molecular weight is 901 g/mol. The minimum absolute atomic E-state index is 0.0729. The number of amides is 1. The molecule has 0 aromatic carbocycles. The zero-order chi connectivity index (χ0) is 46.7. The molecule has 0 aromatic rings. The molecule has 6 heteroatoms. The van der Waals surface area contributed by atoms with Gasteiger partial charge in [0.15, 0.2) is 0 Å². The molecule has 376 valence electrons. The fourth-order valence-electron chi connectivity index (χ4n) is 8.67. The molecule has 0 saturated heterocycles. The van der Waals surface area contributed by atoms with E-state index < -0.39 is 18.2 Å². The van der Waals surface area contributed by atoms with E-state index >= 15 is 0 Å². The van der Waals surface area contributed by atoms with Crippen LogP contribution in [0.5, 0.6) is 0 Å². The molecule has 0 fully saturated rings. The molecule has 0 bridgehead atoms. The van der Waals surface area contributed by atoms with Crippen LogP contribution in [0, 0.1) is 0 Å². The minimum Gasteiger partial charge on any atom is -0.462 e. The van der Waals surface area contributed by atoms with Gasteiger partial charge in [-0.25, -0.2) is 0 Å².